The highest BCUT2D eigenvalue weighted by molar-refractivity contribution is 6.13. The van der Waals surface area contributed by atoms with Crippen LogP contribution in [-0.2, 0) is 0 Å². The minimum Gasteiger partial charge on any atom is -0.0616 e. The van der Waals surface area contributed by atoms with Gasteiger partial charge in [0, 0.05) is 0 Å². The second-order valence-electron chi connectivity index (χ2n) is 4.98. The smallest absolute Gasteiger partial charge is 0.00988 e. The van der Waals surface area contributed by atoms with E-state index in [9.17, 15) is 0 Å². The maximum absolute atomic E-state index is 3.17. The van der Waals surface area contributed by atoms with Gasteiger partial charge in [-0.1, -0.05) is 66.7 Å². The van der Waals surface area contributed by atoms with Crippen molar-refractivity contribution < 1.29 is 0 Å². The van der Waals surface area contributed by atoms with Gasteiger partial charge < -0.3 is 0 Å². The summed E-state index contributed by atoms with van der Waals surface area (Å²) in [5.41, 5.74) is 2.49. The van der Waals surface area contributed by atoms with Gasteiger partial charge in [0.15, 0.2) is 0 Å². The molecule has 0 amide bonds. The van der Waals surface area contributed by atoms with E-state index in [1.54, 1.807) is 0 Å². The summed E-state index contributed by atoms with van der Waals surface area (Å²) >= 11 is 0. The van der Waals surface area contributed by atoms with Gasteiger partial charge in [-0.05, 0) is 50.9 Å². The molecule has 0 atom stereocenters. The minimum atomic E-state index is 1.22. The second kappa shape index (κ2) is 4.50. The molecule has 0 spiro atoms. The Morgan fingerprint density at radius 1 is 0.650 bits per heavy atom. The van der Waals surface area contributed by atoms with E-state index in [-0.39, 0.29) is 0 Å². The number of benzene rings is 4. The molecule has 93 valence electrons. The van der Waals surface area contributed by atoms with Crippen LogP contribution in [0.15, 0.2) is 78.9 Å². The minimum absolute atomic E-state index is 1.22. The molecule has 0 saturated carbocycles. The topological polar surface area (TPSA) is 0 Å². The summed E-state index contributed by atoms with van der Waals surface area (Å²) in [6.45, 7) is 0. The average molecular weight is 253 g/mol. The first kappa shape index (κ1) is 11.2. The zero-order valence-electron chi connectivity index (χ0n) is 11.0. The molecular weight excluding hydrogens is 240 g/mol. The molecular formula is C20H13. The Labute approximate surface area is 118 Å². The van der Waals surface area contributed by atoms with Gasteiger partial charge in [-0.25, -0.2) is 0 Å². The Morgan fingerprint density at radius 2 is 1.40 bits per heavy atom. The normalized spacial score (nSPS) is 11.0. The lowest BCUT2D eigenvalue weighted by molar-refractivity contribution is 1.65. The molecule has 0 aromatic heterocycles. The molecule has 4 aromatic carbocycles. The van der Waals surface area contributed by atoms with Gasteiger partial charge in [0.2, 0.25) is 0 Å². The van der Waals surface area contributed by atoms with Gasteiger partial charge in [0.25, 0.3) is 0 Å². The van der Waals surface area contributed by atoms with Crippen molar-refractivity contribution in [2.24, 2.45) is 0 Å². The summed E-state index contributed by atoms with van der Waals surface area (Å²) in [5, 5.41) is 5.20. The van der Waals surface area contributed by atoms with Crippen LogP contribution in [0, 0.1) is 6.07 Å². The van der Waals surface area contributed by atoms with Gasteiger partial charge in [-0.2, -0.15) is 0 Å². The van der Waals surface area contributed by atoms with Crippen molar-refractivity contribution in [3.8, 4) is 11.1 Å². The molecule has 0 heteroatoms. The van der Waals surface area contributed by atoms with Crippen molar-refractivity contribution in [1.82, 2.24) is 0 Å². The molecule has 1 radical (unpaired) electrons. The van der Waals surface area contributed by atoms with E-state index < -0.39 is 0 Å². The van der Waals surface area contributed by atoms with Crippen LogP contribution in [0.3, 0.4) is 0 Å². The third-order valence-electron chi connectivity index (χ3n) is 3.79. The van der Waals surface area contributed by atoms with Crippen LogP contribution >= 0.6 is 0 Å². The van der Waals surface area contributed by atoms with Gasteiger partial charge >= 0.3 is 0 Å². The molecule has 0 bridgehead atoms. The Morgan fingerprint density at radius 3 is 2.20 bits per heavy atom. The van der Waals surface area contributed by atoms with Crippen LogP contribution in [0.4, 0.5) is 0 Å². The lowest BCUT2D eigenvalue weighted by atomic mass is 9.93. The molecule has 0 fully saturated rings. The highest BCUT2D eigenvalue weighted by Gasteiger charge is 2.07. The van der Waals surface area contributed by atoms with Gasteiger partial charge in [0.1, 0.15) is 0 Å². The van der Waals surface area contributed by atoms with Crippen molar-refractivity contribution in [3.63, 3.8) is 0 Å². The average Bonchev–Trinajstić information content (AvgIpc) is 2.55. The zero-order chi connectivity index (χ0) is 13.4. The van der Waals surface area contributed by atoms with E-state index in [1.807, 2.05) is 12.1 Å². The number of hydrogen-bond acceptors (Lipinski definition) is 0. The van der Waals surface area contributed by atoms with Gasteiger partial charge in [-0.3, -0.25) is 0 Å². The largest absolute Gasteiger partial charge is 0.0616 e. The summed E-state index contributed by atoms with van der Waals surface area (Å²) in [6.07, 6.45) is 0. The van der Waals surface area contributed by atoms with Crippen LogP contribution in [0.25, 0.3) is 32.7 Å². The first-order valence-electron chi connectivity index (χ1n) is 6.80. The quantitative estimate of drug-likeness (QED) is 0.395. The summed E-state index contributed by atoms with van der Waals surface area (Å²) in [4.78, 5) is 0. The zero-order valence-corrected chi connectivity index (χ0v) is 11.0. The summed E-state index contributed by atoms with van der Waals surface area (Å²) in [5.74, 6) is 0. The van der Waals surface area contributed by atoms with Crippen LogP contribution in [0.1, 0.15) is 0 Å². The molecule has 0 aliphatic heterocycles. The molecule has 4 aromatic rings. The Kier molecular flexibility index (Phi) is 2.53. The van der Waals surface area contributed by atoms with E-state index in [1.165, 1.54) is 32.7 Å². The lowest BCUT2D eigenvalue weighted by Gasteiger charge is -2.10. The molecule has 0 aliphatic carbocycles. The SMILES string of the molecule is [c]1cccc(-c2cc3ccccc3c3ccccc23)c1. The van der Waals surface area contributed by atoms with E-state index in [2.05, 4.69) is 72.8 Å². The van der Waals surface area contributed by atoms with E-state index in [4.69, 9.17) is 0 Å². The molecule has 0 unspecified atom stereocenters. The van der Waals surface area contributed by atoms with Crippen LogP contribution < -0.4 is 0 Å². The third-order valence-corrected chi connectivity index (χ3v) is 3.79. The predicted octanol–water partition coefficient (Wildman–Crippen LogP) is 5.46. The monoisotopic (exact) mass is 253 g/mol. The van der Waals surface area contributed by atoms with Crippen molar-refractivity contribution in [2.75, 3.05) is 0 Å². The highest BCUT2D eigenvalue weighted by atomic mass is 14.1. The molecule has 0 nitrogen and oxygen atoms in total. The summed E-state index contributed by atoms with van der Waals surface area (Å²) in [6, 6.07) is 30.8. The van der Waals surface area contributed by atoms with Gasteiger partial charge in [0.05, 0.1) is 0 Å². The fourth-order valence-corrected chi connectivity index (χ4v) is 2.85. The Bertz CT molecular complexity index is 889. The maximum atomic E-state index is 3.17. The third kappa shape index (κ3) is 1.70. The van der Waals surface area contributed by atoms with Crippen LogP contribution in [0.2, 0.25) is 0 Å². The second-order valence-corrected chi connectivity index (χ2v) is 4.98. The standard InChI is InChI=1S/C20H13/c1-2-8-15(9-3-1)20-14-16-10-4-5-11-17(16)18-12-6-7-13-19(18)20/h1-2,4-14H. The maximum Gasteiger partial charge on any atom is -0.00988 e. The van der Waals surface area contributed by atoms with E-state index in [0.717, 1.165) is 0 Å². The van der Waals surface area contributed by atoms with Crippen molar-refractivity contribution >= 4 is 21.5 Å². The Hall–Kier alpha value is -2.60. The molecule has 0 N–H and O–H groups in total. The molecule has 20 heavy (non-hydrogen) atoms. The Balaban J connectivity index is 2.19. The number of rotatable bonds is 1. The lowest BCUT2D eigenvalue weighted by Crippen LogP contribution is -1.84. The number of hydrogen-bond donors (Lipinski definition) is 0. The fourth-order valence-electron chi connectivity index (χ4n) is 2.85. The fraction of sp³-hybridized carbons (Fsp3) is 0. The van der Waals surface area contributed by atoms with Gasteiger partial charge in [-0.15, -0.1) is 0 Å². The van der Waals surface area contributed by atoms with Crippen LogP contribution in [0.5, 0.6) is 0 Å². The first-order valence-corrected chi connectivity index (χ1v) is 6.80. The van der Waals surface area contributed by atoms with Crippen molar-refractivity contribution in [2.45, 2.75) is 0 Å². The summed E-state index contributed by atoms with van der Waals surface area (Å²) < 4.78 is 0. The van der Waals surface area contributed by atoms with E-state index in [0.29, 0.717) is 0 Å². The van der Waals surface area contributed by atoms with Crippen molar-refractivity contribution in [3.05, 3.63) is 84.9 Å². The van der Waals surface area contributed by atoms with Crippen LogP contribution in [-0.4, -0.2) is 0 Å². The van der Waals surface area contributed by atoms with Crippen molar-refractivity contribution in [1.29, 1.82) is 0 Å². The van der Waals surface area contributed by atoms with E-state index >= 15 is 0 Å². The molecule has 0 saturated heterocycles. The highest BCUT2D eigenvalue weighted by Crippen LogP contribution is 2.34. The molecule has 4 rings (SSSR count). The molecule has 0 aliphatic rings. The number of fused-ring (bicyclic) bond motifs is 3. The predicted molar refractivity (Wildman–Crippen MR) is 85.7 cm³/mol. The summed E-state index contributed by atoms with van der Waals surface area (Å²) in [7, 11) is 0. The molecule has 0 heterocycles. The first-order chi connectivity index (χ1) is 9.93.